The molecular formula is C15H20O3. The van der Waals surface area contributed by atoms with Crippen LogP contribution in [0.1, 0.15) is 36.8 Å². The van der Waals surface area contributed by atoms with Gasteiger partial charge in [-0.2, -0.15) is 0 Å². The van der Waals surface area contributed by atoms with Crippen LogP contribution < -0.4 is 4.74 Å². The van der Waals surface area contributed by atoms with Crippen LogP contribution in [0.4, 0.5) is 0 Å². The van der Waals surface area contributed by atoms with Crippen LogP contribution in [0.2, 0.25) is 0 Å². The summed E-state index contributed by atoms with van der Waals surface area (Å²) in [6.45, 7) is 0.237. The first-order valence-electron chi connectivity index (χ1n) is 6.73. The third-order valence-corrected chi connectivity index (χ3v) is 4.25. The van der Waals surface area contributed by atoms with E-state index in [2.05, 4.69) is 12.1 Å². The third-order valence-electron chi connectivity index (χ3n) is 4.25. The molecule has 0 amide bonds. The second-order valence-electron chi connectivity index (χ2n) is 5.33. The summed E-state index contributed by atoms with van der Waals surface area (Å²) in [6.07, 6.45) is 5.27. The van der Waals surface area contributed by atoms with Crippen molar-refractivity contribution in [3.05, 3.63) is 29.3 Å². The number of hydrogen-bond acceptors (Lipinski definition) is 3. The van der Waals surface area contributed by atoms with E-state index in [0.29, 0.717) is 6.10 Å². The first kappa shape index (κ1) is 12.0. The number of aliphatic hydroxyl groups is 1. The summed E-state index contributed by atoms with van der Waals surface area (Å²) < 4.78 is 11.5. The summed E-state index contributed by atoms with van der Waals surface area (Å²) in [5.74, 6) is 0.923. The number of fused-ring (bicyclic) bond motifs is 4. The van der Waals surface area contributed by atoms with E-state index in [-0.39, 0.29) is 12.2 Å². The second-order valence-corrected chi connectivity index (χ2v) is 5.33. The largest absolute Gasteiger partial charge is 0.497 e. The highest BCUT2D eigenvalue weighted by Gasteiger charge is 2.46. The lowest BCUT2D eigenvalue weighted by Crippen LogP contribution is -2.33. The van der Waals surface area contributed by atoms with Crippen molar-refractivity contribution in [2.75, 3.05) is 13.7 Å². The zero-order valence-electron chi connectivity index (χ0n) is 10.8. The van der Waals surface area contributed by atoms with Crippen LogP contribution in [0.15, 0.2) is 18.2 Å². The van der Waals surface area contributed by atoms with Gasteiger partial charge in [0.25, 0.3) is 0 Å². The highest BCUT2D eigenvalue weighted by molar-refractivity contribution is 5.42. The molecule has 2 bridgehead atoms. The molecular weight excluding hydrogens is 228 g/mol. The second kappa shape index (κ2) is 4.56. The van der Waals surface area contributed by atoms with Gasteiger partial charge in [-0.05, 0) is 55.4 Å². The molecule has 2 aliphatic heterocycles. The van der Waals surface area contributed by atoms with Gasteiger partial charge in [-0.15, -0.1) is 0 Å². The summed E-state index contributed by atoms with van der Waals surface area (Å²) >= 11 is 0. The summed E-state index contributed by atoms with van der Waals surface area (Å²) in [5.41, 5.74) is 2.53. The van der Waals surface area contributed by atoms with Crippen LogP contribution in [0.25, 0.3) is 0 Å². The van der Waals surface area contributed by atoms with Crippen molar-refractivity contribution in [2.24, 2.45) is 0 Å². The molecule has 1 fully saturated rings. The predicted octanol–water partition coefficient (Wildman–Crippen LogP) is 2.40. The Bertz CT molecular complexity index is 443. The van der Waals surface area contributed by atoms with E-state index in [9.17, 15) is 0 Å². The van der Waals surface area contributed by atoms with Gasteiger partial charge in [-0.3, -0.25) is 0 Å². The molecule has 1 aromatic carbocycles. The quantitative estimate of drug-likeness (QED) is 0.889. The smallest absolute Gasteiger partial charge is 0.119 e. The molecule has 18 heavy (non-hydrogen) atoms. The maximum atomic E-state index is 9.08. The summed E-state index contributed by atoms with van der Waals surface area (Å²) in [6, 6.07) is 6.30. The van der Waals surface area contributed by atoms with Crippen molar-refractivity contribution >= 4 is 0 Å². The number of aliphatic hydroxyl groups excluding tert-OH is 1. The molecule has 2 atom stereocenters. The first-order chi connectivity index (χ1) is 8.77. The Morgan fingerprint density at radius 3 is 3.17 bits per heavy atom. The van der Waals surface area contributed by atoms with E-state index in [1.807, 2.05) is 6.07 Å². The monoisotopic (exact) mass is 248 g/mol. The molecule has 0 aromatic heterocycles. The molecule has 0 unspecified atom stereocenters. The van der Waals surface area contributed by atoms with Crippen LogP contribution in [0.5, 0.6) is 5.75 Å². The minimum absolute atomic E-state index is 0.146. The molecule has 2 aliphatic rings. The number of methoxy groups -OCH3 is 1. The minimum atomic E-state index is -0.146. The average molecular weight is 248 g/mol. The topological polar surface area (TPSA) is 38.7 Å². The number of benzene rings is 1. The Morgan fingerprint density at radius 1 is 1.50 bits per heavy atom. The van der Waals surface area contributed by atoms with Gasteiger partial charge in [0.15, 0.2) is 0 Å². The summed E-state index contributed by atoms with van der Waals surface area (Å²) in [5, 5.41) is 9.08. The van der Waals surface area contributed by atoms with E-state index in [1.165, 1.54) is 11.1 Å². The molecule has 1 aromatic rings. The van der Waals surface area contributed by atoms with Gasteiger partial charge < -0.3 is 14.6 Å². The minimum Gasteiger partial charge on any atom is -0.497 e. The molecule has 3 rings (SSSR count). The van der Waals surface area contributed by atoms with Gasteiger partial charge in [-0.25, -0.2) is 0 Å². The van der Waals surface area contributed by atoms with Crippen molar-refractivity contribution in [2.45, 2.75) is 43.8 Å². The molecule has 1 saturated heterocycles. The van der Waals surface area contributed by atoms with Gasteiger partial charge >= 0.3 is 0 Å². The lowest BCUT2D eigenvalue weighted by atomic mass is 9.83. The van der Waals surface area contributed by atoms with Gasteiger partial charge in [0.05, 0.1) is 18.8 Å². The van der Waals surface area contributed by atoms with Gasteiger partial charge in [-0.1, -0.05) is 6.07 Å². The molecule has 0 saturated carbocycles. The van der Waals surface area contributed by atoms with Gasteiger partial charge in [0, 0.05) is 6.61 Å². The summed E-state index contributed by atoms with van der Waals surface area (Å²) in [7, 11) is 1.71. The van der Waals surface area contributed by atoms with E-state index in [4.69, 9.17) is 14.6 Å². The van der Waals surface area contributed by atoms with E-state index < -0.39 is 0 Å². The fraction of sp³-hybridized carbons (Fsp3) is 0.600. The molecule has 0 radical (unpaired) electrons. The fourth-order valence-electron chi connectivity index (χ4n) is 3.41. The lowest BCUT2D eigenvalue weighted by molar-refractivity contribution is -0.0653. The van der Waals surface area contributed by atoms with E-state index in [1.54, 1.807) is 7.11 Å². The molecule has 3 nitrogen and oxygen atoms in total. The fourth-order valence-corrected chi connectivity index (χ4v) is 3.41. The van der Waals surface area contributed by atoms with E-state index >= 15 is 0 Å². The zero-order valence-corrected chi connectivity index (χ0v) is 10.8. The number of ether oxygens (including phenoxy) is 2. The van der Waals surface area contributed by atoms with Gasteiger partial charge in [0.2, 0.25) is 0 Å². The molecule has 0 spiro atoms. The van der Waals surface area contributed by atoms with Crippen molar-refractivity contribution in [1.82, 2.24) is 0 Å². The van der Waals surface area contributed by atoms with Crippen molar-refractivity contribution in [3.63, 3.8) is 0 Å². The van der Waals surface area contributed by atoms with Crippen LogP contribution in [0, 0.1) is 0 Å². The highest BCUT2D eigenvalue weighted by Crippen LogP contribution is 2.49. The molecule has 1 N–H and O–H groups in total. The Kier molecular flexibility index (Phi) is 3.04. The molecule has 98 valence electrons. The Hall–Kier alpha value is -1.06. The lowest BCUT2D eigenvalue weighted by Gasteiger charge is -2.36. The zero-order chi connectivity index (χ0) is 12.6. The van der Waals surface area contributed by atoms with Crippen molar-refractivity contribution in [1.29, 1.82) is 0 Å². The van der Waals surface area contributed by atoms with Gasteiger partial charge in [0.1, 0.15) is 5.75 Å². The predicted molar refractivity (Wildman–Crippen MR) is 68.8 cm³/mol. The Balaban J connectivity index is 1.98. The molecule has 0 aliphatic carbocycles. The van der Waals surface area contributed by atoms with Crippen molar-refractivity contribution < 1.29 is 14.6 Å². The van der Waals surface area contributed by atoms with E-state index in [0.717, 1.165) is 37.9 Å². The van der Waals surface area contributed by atoms with Crippen LogP contribution in [-0.4, -0.2) is 24.9 Å². The van der Waals surface area contributed by atoms with Crippen LogP contribution in [-0.2, 0) is 16.8 Å². The maximum Gasteiger partial charge on any atom is 0.119 e. The summed E-state index contributed by atoms with van der Waals surface area (Å²) in [4.78, 5) is 0. The Labute approximate surface area is 108 Å². The standard InChI is InChI=1S/C15H20O3/c1-17-12-3-4-14-11(9-12)10-13-5-7-15(14,18-13)6-2-8-16/h3-4,9,13,16H,2,5-8,10H2,1H3/t13-,15+/m0/s1. The highest BCUT2D eigenvalue weighted by atomic mass is 16.5. The maximum absolute atomic E-state index is 9.08. The first-order valence-corrected chi connectivity index (χ1v) is 6.73. The van der Waals surface area contributed by atoms with Crippen LogP contribution in [0.3, 0.4) is 0 Å². The Morgan fingerprint density at radius 2 is 2.39 bits per heavy atom. The normalized spacial score (nSPS) is 29.1. The third kappa shape index (κ3) is 1.82. The van der Waals surface area contributed by atoms with Crippen LogP contribution >= 0.6 is 0 Å². The average Bonchev–Trinajstić information content (AvgIpc) is 2.75. The van der Waals surface area contributed by atoms with Crippen molar-refractivity contribution in [3.8, 4) is 5.75 Å². The molecule has 2 heterocycles. The molecule has 3 heteroatoms. The number of hydrogen-bond donors (Lipinski definition) is 1. The SMILES string of the molecule is COc1ccc2c(c1)C[C@@H]1CC[C@@]2(CCCO)O1. The number of rotatable bonds is 4.